The predicted molar refractivity (Wildman–Crippen MR) is 122 cm³/mol. The molecule has 2 fully saturated rings. The Morgan fingerprint density at radius 3 is 2.06 bits per heavy atom. The van der Waals surface area contributed by atoms with Crippen molar-refractivity contribution in [2.24, 2.45) is 0 Å². The van der Waals surface area contributed by atoms with Gasteiger partial charge in [-0.15, -0.1) is 0 Å². The minimum absolute atomic E-state index is 0.0761. The summed E-state index contributed by atoms with van der Waals surface area (Å²) < 4.78 is 29.2. The first-order chi connectivity index (χ1) is 15.3. The molecule has 0 aliphatic carbocycles. The average Bonchev–Trinajstić information content (AvgIpc) is 3.13. The molecule has 0 N–H and O–H groups in total. The van der Waals surface area contributed by atoms with Crippen molar-refractivity contribution in [1.82, 2.24) is 4.90 Å². The molecular weight excluding hydrogens is 430 g/mol. The number of hydrogen-bond acceptors (Lipinski definition) is 7. The van der Waals surface area contributed by atoms with Crippen molar-refractivity contribution in [3.8, 4) is 5.75 Å². The van der Waals surface area contributed by atoms with Crippen molar-refractivity contribution in [3.63, 3.8) is 0 Å². The Bertz CT molecular complexity index is 1090. The summed E-state index contributed by atoms with van der Waals surface area (Å²) in [5, 5.41) is 0. The number of methoxy groups -OCH3 is 1. The van der Waals surface area contributed by atoms with Crippen molar-refractivity contribution in [2.45, 2.75) is 24.3 Å². The Labute approximate surface area is 188 Å². The molecule has 2 aliphatic rings. The molecule has 0 bridgehead atoms. The molecule has 0 spiro atoms. The zero-order valence-electron chi connectivity index (χ0n) is 18.2. The number of amides is 2. The molecule has 1 atom stereocenters. The topological polar surface area (TPSA) is 87.2 Å². The van der Waals surface area contributed by atoms with Crippen LogP contribution in [0.3, 0.4) is 0 Å². The van der Waals surface area contributed by atoms with E-state index in [1.807, 2.05) is 12.1 Å². The highest BCUT2D eigenvalue weighted by molar-refractivity contribution is 7.91. The molecule has 2 saturated heterocycles. The van der Waals surface area contributed by atoms with Crippen LogP contribution in [0.25, 0.3) is 0 Å². The van der Waals surface area contributed by atoms with Crippen LogP contribution in [0.4, 0.5) is 11.4 Å². The summed E-state index contributed by atoms with van der Waals surface area (Å²) in [7, 11) is -1.65. The number of ether oxygens (including phenoxy) is 1. The van der Waals surface area contributed by atoms with Crippen molar-refractivity contribution in [3.05, 3.63) is 48.5 Å². The largest absolute Gasteiger partial charge is 0.497 e. The molecule has 2 aromatic carbocycles. The Morgan fingerprint density at radius 2 is 1.50 bits per heavy atom. The Morgan fingerprint density at radius 1 is 0.906 bits per heavy atom. The molecular formula is C23H27N3O5S. The smallest absolute Gasteiger partial charge is 0.251 e. The van der Waals surface area contributed by atoms with Crippen LogP contribution in [0, 0.1) is 0 Å². The molecule has 0 aromatic heterocycles. The van der Waals surface area contributed by atoms with E-state index in [1.165, 1.54) is 4.90 Å². The van der Waals surface area contributed by atoms with Gasteiger partial charge in [0.05, 0.1) is 35.9 Å². The van der Waals surface area contributed by atoms with Crippen molar-refractivity contribution in [2.75, 3.05) is 48.8 Å². The number of carbonyl (C=O) groups is 2. The summed E-state index contributed by atoms with van der Waals surface area (Å²) in [6.45, 7) is 4.32. The van der Waals surface area contributed by atoms with E-state index in [2.05, 4.69) is 9.80 Å². The average molecular weight is 458 g/mol. The predicted octanol–water partition coefficient (Wildman–Crippen LogP) is 1.94. The maximum absolute atomic E-state index is 13.0. The third kappa shape index (κ3) is 4.22. The first kappa shape index (κ1) is 22.3. The maximum atomic E-state index is 13.0. The lowest BCUT2D eigenvalue weighted by Gasteiger charge is -2.38. The molecule has 2 heterocycles. The summed E-state index contributed by atoms with van der Waals surface area (Å²) >= 11 is 0. The van der Waals surface area contributed by atoms with Crippen LogP contribution >= 0.6 is 0 Å². The number of rotatable bonds is 6. The number of piperazine rings is 1. The van der Waals surface area contributed by atoms with E-state index in [4.69, 9.17) is 4.74 Å². The molecule has 0 radical (unpaired) electrons. The normalized spacial score (nSPS) is 20.1. The molecule has 0 unspecified atom stereocenters. The van der Waals surface area contributed by atoms with Crippen LogP contribution in [0.5, 0.6) is 5.75 Å². The Hall–Kier alpha value is -2.91. The number of sulfone groups is 1. The highest BCUT2D eigenvalue weighted by Gasteiger charge is 2.43. The van der Waals surface area contributed by atoms with Gasteiger partial charge in [-0.1, -0.05) is 6.92 Å². The van der Waals surface area contributed by atoms with Gasteiger partial charge < -0.3 is 9.64 Å². The van der Waals surface area contributed by atoms with Gasteiger partial charge in [0.2, 0.25) is 5.91 Å². The van der Waals surface area contributed by atoms with Crippen molar-refractivity contribution in [1.29, 1.82) is 0 Å². The third-order valence-electron chi connectivity index (χ3n) is 6.15. The van der Waals surface area contributed by atoms with Gasteiger partial charge in [0, 0.05) is 31.9 Å². The van der Waals surface area contributed by atoms with Gasteiger partial charge in [0.15, 0.2) is 9.84 Å². The summed E-state index contributed by atoms with van der Waals surface area (Å²) in [5.74, 6) is 0.357. The molecule has 2 aliphatic heterocycles. The van der Waals surface area contributed by atoms with Crippen LogP contribution in [0.1, 0.15) is 13.3 Å². The number of imide groups is 1. The minimum atomic E-state index is -3.22. The standard InChI is InChI=1S/C23H27N3O5S/c1-3-32(29,30)20-10-6-17(7-11-20)24-12-14-25(15-13-24)21-16-22(27)26(23(21)28)18-4-8-19(31-2)9-5-18/h4-11,21H,3,12-16H2,1-2H3/t21-/m0/s1. The van der Waals surface area contributed by atoms with Crippen molar-refractivity contribution < 1.29 is 22.7 Å². The second-order valence-electron chi connectivity index (χ2n) is 7.91. The van der Waals surface area contributed by atoms with Crippen LogP contribution < -0.4 is 14.5 Å². The quantitative estimate of drug-likeness (QED) is 0.613. The summed E-state index contributed by atoms with van der Waals surface area (Å²) in [6.07, 6.45) is 0.175. The van der Waals surface area contributed by atoms with E-state index < -0.39 is 15.9 Å². The van der Waals surface area contributed by atoms with Crippen LogP contribution in [-0.2, 0) is 19.4 Å². The zero-order chi connectivity index (χ0) is 22.9. The molecule has 170 valence electrons. The van der Waals surface area contributed by atoms with Crippen molar-refractivity contribution >= 4 is 33.0 Å². The lowest BCUT2D eigenvalue weighted by molar-refractivity contribution is -0.123. The molecule has 0 saturated carbocycles. The second kappa shape index (κ2) is 8.91. The van der Waals surface area contributed by atoms with E-state index in [1.54, 1.807) is 50.4 Å². The second-order valence-corrected chi connectivity index (χ2v) is 10.2. The lowest BCUT2D eigenvalue weighted by atomic mass is 10.1. The van der Waals surface area contributed by atoms with Gasteiger partial charge in [0.25, 0.3) is 5.91 Å². The van der Waals surface area contributed by atoms with Gasteiger partial charge in [0.1, 0.15) is 5.75 Å². The first-order valence-electron chi connectivity index (χ1n) is 10.7. The molecule has 2 aromatic rings. The number of nitrogens with zero attached hydrogens (tertiary/aromatic N) is 3. The van der Waals surface area contributed by atoms with Gasteiger partial charge in [-0.25, -0.2) is 13.3 Å². The first-order valence-corrected chi connectivity index (χ1v) is 12.3. The van der Waals surface area contributed by atoms with Gasteiger partial charge in [-0.05, 0) is 48.5 Å². The van der Waals surface area contributed by atoms with E-state index in [-0.39, 0.29) is 24.0 Å². The van der Waals surface area contributed by atoms with E-state index in [0.29, 0.717) is 42.5 Å². The van der Waals surface area contributed by atoms with E-state index in [9.17, 15) is 18.0 Å². The lowest BCUT2D eigenvalue weighted by Crippen LogP contribution is -2.52. The molecule has 4 rings (SSSR count). The number of hydrogen-bond donors (Lipinski definition) is 0. The van der Waals surface area contributed by atoms with E-state index >= 15 is 0 Å². The van der Waals surface area contributed by atoms with Crippen LogP contribution in [-0.4, -0.2) is 70.2 Å². The van der Waals surface area contributed by atoms with Gasteiger partial charge in [-0.2, -0.15) is 0 Å². The fourth-order valence-electron chi connectivity index (χ4n) is 4.23. The number of anilines is 2. The van der Waals surface area contributed by atoms with Gasteiger partial charge >= 0.3 is 0 Å². The summed E-state index contributed by atoms with van der Waals surface area (Å²) in [4.78, 5) is 31.5. The molecule has 8 nitrogen and oxygen atoms in total. The maximum Gasteiger partial charge on any atom is 0.251 e. The number of benzene rings is 2. The summed E-state index contributed by atoms with van der Waals surface area (Å²) in [6, 6.07) is 13.4. The molecule has 2 amide bonds. The monoisotopic (exact) mass is 457 g/mol. The molecule has 32 heavy (non-hydrogen) atoms. The van der Waals surface area contributed by atoms with Gasteiger partial charge in [-0.3, -0.25) is 14.5 Å². The van der Waals surface area contributed by atoms with Crippen LogP contribution in [0.15, 0.2) is 53.4 Å². The zero-order valence-corrected chi connectivity index (χ0v) is 19.0. The van der Waals surface area contributed by atoms with E-state index in [0.717, 1.165) is 5.69 Å². The Kier molecular flexibility index (Phi) is 6.21. The summed E-state index contributed by atoms with van der Waals surface area (Å²) in [5.41, 5.74) is 1.51. The number of carbonyl (C=O) groups excluding carboxylic acids is 2. The fraction of sp³-hybridized carbons (Fsp3) is 0.391. The minimum Gasteiger partial charge on any atom is -0.497 e. The SMILES string of the molecule is CCS(=O)(=O)c1ccc(N2CCN([C@H]3CC(=O)N(c4ccc(OC)cc4)C3=O)CC2)cc1. The van der Waals surface area contributed by atoms with Crippen LogP contribution in [0.2, 0.25) is 0 Å². The molecule has 9 heteroatoms. The third-order valence-corrected chi connectivity index (χ3v) is 7.90. The Balaban J connectivity index is 1.40. The highest BCUT2D eigenvalue weighted by atomic mass is 32.2. The highest BCUT2D eigenvalue weighted by Crippen LogP contribution is 2.28. The fourth-order valence-corrected chi connectivity index (χ4v) is 5.11.